The van der Waals surface area contributed by atoms with Crippen molar-refractivity contribution < 1.29 is 28.9 Å². The van der Waals surface area contributed by atoms with Crippen LogP contribution in [-0.4, -0.2) is 29.0 Å². The van der Waals surface area contributed by atoms with E-state index in [0.717, 1.165) is 12.5 Å². The molecule has 140 valence electrons. The third-order valence-electron chi connectivity index (χ3n) is 3.77. The number of carbonyl (C=O) groups is 1. The standard InChI is InChI=1S/C17H14N2O8/c20-16(11-3-1-4-13(9-11)18(21)22)27-15-6-5-12(10-14(15)19(23)24)17-25-7-2-8-26-17/h1,3-6,9-10,17H,2,7-8H2. The minimum atomic E-state index is -0.945. The van der Waals surface area contributed by atoms with Crippen molar-refractivity contribution in [2.24, 2.45) is 0 Å². The van der Waals surface area contributed by atoms with Gasteiger partial charge in [0.2, 0.25) is 5.75 Å². The topological polar surface area (TPSA) is 131 Å². The summed E-state index contributed by atoms with van der Waals surface area (Å²) in [5, 5.41) is 22.2. The highest BCUT2D eigenvalue weighted by Gasteiger charge is 2.24. The second-order valence-electron chi connectivity index (χ2n) is 5.61. The molecule has 1 saturated heterocycles. The first-order chi connectivity index (χ1) is 13.0. The van der Waals surface area contributed by atoms with E-state index in [9.17, 15) is 25.0 Å². The molecule has 1 aliphatic rings. The average molecular weight is 374 g/mol. The first-order valence-corrected chi connectivity index (χ1v) is 7.94. The van der Waals surface area contributed by atoms with Crippen LogP contribution in [0, 0.1) is 20.2 Å². The molecule has 10 heteroatoms. The van der Waals surface area contributed by atoms with Gasteiger partial charge in [-0.15, -0.1) is 0 Å². The van der Waals surface area contributed by atoms with E-state index in [1.165, 1.54) is 36.4 Å². The molecule has 0 N–H and O–H groups in total. The molecule has 27 heavy (non-hydrogen) atoms. The van der Waals surface area contributed by atoms with Gasteiger partial charge in [-0.1, -0.05) is 6.07 Å². The minimum Gasteiger partial charge on any atom is -0.416 e. The Morgan fingerprint density at radius 1 is 1.04 bits per heavy atom. The molecule has 0 bridgehead atoms. The third-order valence-corrected chi connectivity index (χ3v) is 3.77. The van der Waals surface area contributed by atoms with Crippen LogP contribution in [0.25, 0.3) is 0 Å². The first kappa shape index (κ1) is 18.4. The summed E-state index contributed by atoms with van der Waals surface area (Å²) in [6, 6.07) is 8.88. The van der Waals surface area contributed by atoms with Gasteiger partial charge in [-0.3, -0.25) is 20.2 Å². The molecule has 1 aliphatic heterocycles. The molecule has 2 aromatic rings. The van der Waals surface area contributed by atoms with Crippen LogP contribution in [0.2, 0.25) is 0 Å². The summed E-state index contributed by atoms with van der Waals surface area (Å²) < 4.78 is 15.9. The van der Waals surface area contributed by atoms with E-state index in [2.05, 4.69) is 0 Å². The molecule has 2 aromatic carbocycles. The Hall–Kier alpha value is -3.37. The van der Waals surface area contributed by atoms with Crippen molar-refractivity contribution in [3.8, 4) is 5.75 Å². The van der Waals surface area contributed by atoms with E-state index in [4.69, 9.17) is 14.2 Å². The number of esters is 1. The Kier molecular flexibility index (Phi) is 5.38. The highest BCUT2D eigenvalue weighted by Crippen LogP contribution is 2.33. The summed E-state index contributed by atoms with van der Waals surface area (Å²) >= 11 is 0. The highest BCUT2D eigenvalue weighted by atomic mass is 16.7. The zero-order valence-electron chi connectivity index (χ0n) is 13.9. The van der Waals surface area contributed by atoms with Gasteiger partial charge in [-0.25, -0.2) is 4.79 Å². The maximum absolute atomic E-state index is 12.2. The lowest BCUT2D eigenvalue weighted by atomic mass is 10.1. The zero-order valence-corrected chi connectivity index (χ0v) is 13.9. The summed E-state index contributed by atoms with van der Waals surface area (Å²) in [6.07, 6.45) is 0.0105. The van der Waals surface area contributed by atoms with Crippen molar-refractivity contribution in [2.45, 2.75) is 12.7 Å². The number of non-ortho nitro benzene ring substituents is 1. The van der Waals surface area contributed by atoms with Gasteiger partial charge < -0.3 is 14.2 Å². The van der Waals surface area contributed by atoms with Crippen molar-refractivity contribution in [3.63, 3.8) is 0 Å². The van der Waals surface area contributed by atoms with Gasteiger partial charge in [-0.2, -0.15) is 0 Å². The van der Waals surface area contributed by atoms with Crippen LogP contribution in [0.5, 0.6) is 5.75 Å². The number of carbonyl (C=O) groups excluding carboxylic acids is 1. The van der Waals surface area contributed by atoms with Gasteiger partial charge in [-0.05, 0) is 24.6 Å². The quantitative estimate of drug-likeness (QED) is 0.337. The van der Waals surface area contributed by atoms with Gasteiger partial charge in [0.05, 0.1) is 28.6 Å². The SMILES string of the molecule is O=C(Oc1ccc(C2OCCCO2)cc1[N+](=O)[O-])c1cccc([N+](=O)[O-])c1. The number of hydrogen-bond donors (Lipinski definition) is 0. The number of rotatable bonds is 5. The maximum Gasteiger partial charge on any atom is 0.344 e. The Labute approximate surface area is 152 Å². The molecule has 1 fully saturated rings. The van der Waals surface area contributed by atoms with Crippen molar-refractivity contribution in [1.29, 1.82) is 0 Å². The monoisotopic (exact) mass is 374 g/mol. The van der Waals surface area contributed by atoms with Gasteiger partial charge in [0.1, 0.15) is 0 Å². The Balaban J connectivity index is 1.85. The number of nitro benzene ring substituents is 2. The van der Waals surface area contributed by atoms with E-state index >= 15 is 0 Å². The summed E-state index contributed by atoms with van der Waals surface area (Å²) in [7, 11) is 0. The molecular weight excluding hydrogens is 360 g/mol. The molecule has 3 rings (SSSR count). The highest BCUT2D eigenvalue weighted by molar-refractivity contribution is 5.92. The van der Waals surface area contributed by atoms with Gasteiger partial charge >= 0.3 is 11.7 Å². The lowest BCUT2D eigenvalue weighted by Crippen LogP contribution is -2.18. The van der Waals surface area contributed by atoms with Crippen LogP contribution < -0.4 is 4.74 Å². The molecular formula is C17H14N2O8. The van der Waals surface area contributed by atoms with Crippen molar-refractivity contribution in [2.75, 3.05) is 13.2 Å². The van der Waals surface area contributed by atoms with E-state index in [1.54, 1.807) is 0 Å². The zero-order chi connectivity index (χ0) is 19.4. The second kappa shape index (κ2) is 7.89. The number of nitrogens with zero attached hydrogens (tertiary/aromatic N) is 2. The molecule has 0 radical (unpaired) electrons. The molecule has 0 aromatic heterocycles. The summed E-state index contributed by atoms with van der Waals surface area (Å²) in [4.78, 5) is 33.1. The predicted molar refractivity (Wildman–Crippen MR) is 90.4 cm³/mol. The minimum absolute atomic E-state index is 0.0958. The molecule has 1 heterocycles. The Bertz CT molecular complexity index is 892. The molecule has 0 atom stereocenters. The molecule has 0 spiro atoms. The van der Waals surface area contributed by atoms with Gasteiger partial charge in [0, 0.05) is 23.8 Å². The maximum atomic E-state index is 12.2. The van der Waals surface area contributed by atoms with Crippen LogP contribution in [-0.2, 0) is 9.47 Å². The van der Waals surface area contributed by atoms with Crippen LogP contribution in [0.1, 0.15) is 28.6 Å². The molecule has 0 aliphatic carbocycles. The number of hydrogen-bond acceptors (Lipinski definition) is 8. The van der Waals surface area contributed by atoms with Crippen LogP contribution in [0.4, 0.5) is 11.4 Å². The third kappa shape index (κ3) is 4.25. The fourth-order valence-electron chi connectivity index (χ4n) is 2.50. The number of benzene rings is 2. The summed E-state index contributed by atoms with van der Waals surface area (Å²) in [5.41, 5.74) is -0.400. The molecule has 0 unspecified atom stereocenters. The van der Waals surface area contributed by atoms with E-state index < -0.39 is 27.8 Å². The summed E-state index contributed by atoms with van der Waals surface area (Å²) in [6.45, 7) is 0.948. The smallest absolute Gasteiger partial charge is 0.344 e. The van der Waals surface area contributed by atoms with E-state index in [1.807, 2.05) is 0 Å². The molecule has 10 nitrogen and oxygen atoms in total. The normalized spacial score (nSPS) is 14.5. The first-order valence-electron chi connectivity index (χ1n) is 7.94. The Morgan fingerprint density at radius 3 is 2.44 bits per heavy atom. The number of ether oxygens (including phenoxy) is 3. The fraction of sp³-hybridized carbons (Fsp3) is 0.235. The number of nitro groups is 2. The summed E-state index contributed by atoms with van der Waals surface area (Å²) in [5.74, 6) is -1.23. The lowest BCUT2D eigenvalue weighted by molar-refractivity contribution is -0.385. The molecule has 0 amide bonds. The average Bonchev–Trinajstić information content (AvgIpc) is 2.68. The van der Waals surface area contributed by atoms with Crippen molar-refractivity contribution in [1.82, 2.24) is 0 Å². The van der Waals surface area contributed by atoms with E-state index in [-0.39, 0.29) is 17.0 Å². The lowest BCUT2D eigenvalue weighted by Gasteiger charge is -2.23. The second-order valence-corrected chi connectivity index (χ2v) is 5.61. The fourth-order valence-corrected chi connectivity index (χ4v) is 2.50. The van der Waals surface area contributed by atoms with Gasteiger partial charge in [0.15, 0.2) is 6.29 Å². The largest absolute Gasteiger partial charge is 0.416 e. The van der Waals surface area contributed by atoms with Crippen LogP contribution in [0.3, 0.4) is 0 Å². The van der Waals surface area contributed by atoms with Crippen LogP contribution in [0.15, 0.2) is 42.5 Å². The van der Waals surface area contributed by atoms with Gasteiger partial charge in [0.25, 0.3) is 5.69 Å². The van der Waals surface area contributed by atoms with E-state index in [0.29, 0.717) is 18.8 Å². The molecule has 0 saturated carbocycles. The van der Waals surface area contributed by atoms with Crippen molar-refractivity contribution in [3.05, 3.63) is 73.8 Å². The predicted octanol–water partition coefficient (Wildman–Crippen LogP) is 3.16. The van der Waals surface area contributed by atoms with Crippen LogP contribution >= 0.6 is 0 Å². The van der Waals surface area contributed by atoms with Crippen molar-refractivity contribution >= 4 is 17.3 Å². The Morgan fingerprint density at radius 2 is 1.78 bits per heavy atom.